The number of carbonyl (C=O) groups is 1. The van der Waals surface area contributed by atoms with Crippen molar-refractivity contribution in [1.82, 2.24) is 0 Å². The number of rotatable bonds is 1. The number of hydrogen-bond donors (Lipinski definition) is 0. The van der Waals surface area contributed by atoms with E-state index in [0.29, 0.717) is 5.92 Å². The standard InChI is InChI=1S/C9H11ClO/c1-9-3-2-6(5-9)4-7(9)8(10)11/h4,6H,2-3,5H2,1H3. The van der Waals surface area contributed by atoms with Crippen LogP contribution in [0.2, 0.25) is 0 Å². The molecule has 0 amide bonds. The normalized spacial score (nSPS) is 40.9. The van der Waals surface area contributed by atoms with E-state index < -0.39 is 0 Å². The minimum absolute atomic E-state index is 0.128. The van der Waals surface area contributed by atoms with Gasteiger partial charge in [0, 0.05) is 5.57 Å². The minimum atomic E-state index is -0.241. The molecule has 11 heavy (non-hydrogen) atoms. The van der Waals surface area contributed by atoms with Crippen LogP contribution in [0.25, 0.3) is 0 Å². The molecule has 2 aliphatic rings. The summed E-state index contributed by atoms with van der Waals surface area (Å²) in [4.78, 5) is 10.9. The van der Waals surface area contributed by atoms with Crippen molar-refractivity contribution in [3.63, 3.8) is 0 Å². The zero-order valence-electron chi connectivity index (χ0n) is 6.56. The largest absolute Gasteiger partial charge is 0.276 e. The predicted molar refractivity (Wildman–Crippen MR) is 44.4 cm³/mol. The smallest absolute Gasteiger partial charge is 0.248 e. The maximum Gasteiger partial charge on any atom is 0.248 e. The van der Waals surface area contributed by atoms with Gasteiger partial charge in [-0.1, -0.05) is 13.0 Å². The van der Waals surface area contributed by atoms with Crippen molar-refractivity contribution in [2.24, 2.45) is 11.3 Å². The van der Waals surface area contributed by atoms with Crippen molar-refractivity contribution >= 4 is 16.8 Å². The zero-order valence-corrected chi connectivity index (χ0v) is 7.32. The third kappa shape index (κ3) is 0.943. The van der Waals surface area contributed by atoms with Crippen LogP contribution in [0.4, 0.5) is 0 Å². The number of allylic oxidation sites excluding steroid dienone is 2. The molecule has 2 atom stereocenters. The quantitative estimate of drug-likeness (QED) is 0.553. The Labute approximate surface area is 71.4 Å². The maximum atomic E-state index is 10.9. The molecule has 0 aromatic carbocycles. The molecule has 0 saturated heterocycles. The van der Waals surface area contributed by atoms with Gasteiger partial charge in [0.2, 0.25) is 5.24 Å². The molecule has 2 heteroatoms. The Kier molecular flexibility index (Phi) is 1.40. The fraction of sp³-hybridized carbons (Fsp3) is 0.667. The molecule has 0 radical (unpaired) electrons. The molecule has 2 bridgehead atoms. The number of hydrogen-bond acceptors (Lipinski definition) is 1. The fourth-order valence-electron chi connectivity index (χ4n) is 2.41. The summed E-state index contributed by atoms with van der Waals surface area (Å²) >= 11 is 5.46. The lowest BCUT2D eigenvalue weighted by Gasteiger charge is -2.21. The molecule has 2 rings (SSSR count). The van der Waals surface area contributed by atoms with Gasteiger partial charge in [0.05, 0.1) is 0 Å². The first-order chi connectivity index (χ1) is 5.12. The van der Waals surface area contributed by atoms with Crippen LogP contribution in [0.5, 0.6) is 0 Å². The molecule has 0 aliphatic heterocycles. The maximum absolute atomic E-state index is 10.9. The first-order valence-electron chi connectivity index (χ1n) is 4.04. The summed E-state index contributed by atoms with van der Waals surface area (Å²) in [5.41, 5.74) is 0.999. The van der Waals surface area contributed by atoms with E-state index >= 15 is 0 Å². The second kappa shape index (κ2) is 2.10. The van der Waals surface area contributed by atoms with Crippen LogP contribution < -0.4 is 0 Å². The van der Waals surface area contributed by atoms with Crippen LogP contribution in [0.1, 0.15) is 26.2 Å². The van der Waals surface area contributed by atoms with E-state index in [2.05, 4.69) is 13.0 Å². The van der Waals surface area contributed by atoms with Crippen molar-refractivity contribution in [3.8, 4) is 0 Å². The Morgan fingerprint density at radius 2 is 2.55 bits per heavy atom. The van der Waals surface area contributed by atoms with Gasteiger partial charge in [-0.15, -0.1) is 0 Å². The van der Waals surface area contributed by atoms with Crippen molar-refractivity contribution < 1.29 is 4.79 Å². The summed E-state index contributed by atoms with van der Waals surface area (Å²) in [5, 5.41) is -0.241. The summed E-state index contributed by atoms with van der Waals surface area (Å²) in [6.07, 6.45) is 5.59. The predicted octanol–water partition coefficient (Wildman–Crippen LogP) is 2.50. The molecule has 0 aromatic heterocycles. The van der Waals surface area contributed by atoms with Crippen molar-refractivity contribution in [2.75, 3.05) is 0 Å². The van der Waals surface area contributed by atoms with Gasteiger partial charge in [-0.05, 0) is 42.2 Å². The molecule has 1 fully saturated rings. The molecule has 0 spiro atoms. The van der Waals surface area contributed by atoms with E-state index in [9.17, 15) is 4.79 Å². The third-order valence-corrected chi connectivity index (χ3v) is 3.25. The van der Waals surface area contributed by atoms with Crippen molar-refractivity contribution in [1.29, 1.82) is 0 Å². The lowest BCUT2D eigenvalue weighted by Crippen LogP contribution is -2.16. The first-order valence-corrected chi connectivity index (χ1v) is 4.42. The average Bonchev–Trinajstić information content (AvgIpc) is 2.41. The van der Waals surface area contributed by atoms with Gasteiger partial charge in [-0.2, -0.15) is 0 Å². The van der Waals surface area contributed by atoms with E-state index in [4.69, 9.17) is 11.6 Å². The van der Waals surface area contributed by atoms with E-state index in [0.717, 1.165) is 18.4 Å². The van der Waals surface area contributed by atoms with Crippen LogP contribution in [0, 0.1) is 11.3 Å². The van der Waals surface area contributed by atoms with Gasteiger partial charge < -0.3 is 0 Å². The van der Waals surface area contributed by atoms with Crippen molar-refractivity contribution in [3.05, 3.63) is 11.6 Å². The van der Waals surface area contributed by atoms with Gasteiger partial charge in [0.25, 0.3) is 0 Å². The number of carbonyl (C=O) groups excluding carboxylic acids is 1. The lowest BCUT2D eigenvalue weighted by molar-refractivity contribution is -0.109. The molecule has 1 saturated carbocycles. The van der Waals surface area contributed by atoms with Gasteiger partial charge >= 0.3 is 0 Å². The van der Waals surface area contributed by atoms with Crippen LogP contribution in [-0.2, 0) is 4.79 Å². The highest BCUT2D eigenvalue weighted by atomic mass is 35.5. The molecule has 60 valence electrons. The summed E-state index contributed by atoms with van der Waals surface area (Å²) in [7, 11) is 0. The molecule has 2 unspecified atom stereocenters. The van der Waals surface area contributed by atoms with Gasteiger partial charge in [0.1, 0.15) is 0 Å². The summed E-state index contributed by atoms with van der Waals surface area (Å²) in [5.74, 6) is 0.637. The molecular weight excluding hydrogens is 160 g/mol. The SMILES string of the molecule is CC12CCC(C=C1C(=O)Cl)C2. The monoisotopic (exact) mass is 170 g/mol. The minimum Gasteiger partial charge on any atom is -0.276 e. The fourth-order valence-corrected chi connectivity index (χ4v) is 2.70. The summed E-state index contributed by atoms with van der Waals surface area (Å²) in [6.45, 7) is 2.14. The Bertz CT molecular complexity index is 244. The average molecular weight is 171 g/mol. The third-order valence-electron chi connectivity index (χ3n) is 3.04. The molecule has 0 N–H and O–H groups in total. The Morgan fingerprint density at radius 3 is 2.82 bits per heavy atom. The van der Waals surface area contributed by atoms with E-state index in [1.54, 1.807) is 0 Å². The van der Waals surface area contributed by atoms with Crippen LogP contribution in [-0.4, -0.2) is 5.24 Å². The summed E-state index contributed by atoms with van der Waals surface area (Å²) in [6, 6.07) is 0. The second-order valence-corrected chi connectivity index (χ2v) is 4.26. The van der Waals surface area contributed by atoms with E-state index in [1.807, 2.05) is 0 Å². The molecule has 1 nitrogen and oxygen atoms in total. The zero-order chi connectivity index (χ0) is 8.06. The lowest BCUT2D eigenvalue weighted by atomic mass is 9.83. The van der Waals surface area contributed by atoms with E-state index in [-0.39, 0.29) is 10.7 Å². The van der Waals surface area contributed by atoms with Gasteiger partial charge in [-0.3, -0.25) is 4.79 Å². The Balaban J connectivity index is 2.36. The Hall–Kier alpha value is -0.300. The molecule has 0 heterocycles. The van der Waals surface area contributed by atoms with Gasteiger partial charge in [0.15, 0.2) is 0 Å². The highest BCUT2D eigenvalue weighted by molar-refractivity contribution is 6.67. The van der Waals surface area contributed by atoms with Crippen LogP contribution in [0.15, 0.2) is 11.6 Å². The topological polar surface area (TPSA) is 17.1 Å². The van der Waals surface area contributed by atoms with Gasteiger partial charge in [-0.25, -0.2) is 0 Å². The Morgan fingerprint density at radius 1 is 1.82 bits per heavy atom. The summed E-state index contributed by atoms with van der Waals surface area (Å²) < 4.78 is 0. The van der Waals surface area contributed by atoms with Crippen molar-refractivity contribution in [2.45, 2.75) is 26.2 Å². The highest BCUT2D eigenvalue weighted by Crippen LogP contribution is 2.53. The van der Waals surface area contributed by atoms with Crippen LogP contribution >= 0.6 is 11.6 Å². The first kappa shape index (κ1) is 7.35. The number of fused-ring (bicyclic) bond motifs is 2. The molecule has 2 aliphatic carbocycles. The highest BCUT2D eigenvalue weighted by Gasteiger charge is 2.44. The van der Waals surface area contributed by atoms with Crippen LogP contribution in [0.3, 0.4) is 0 Å². The molecule has 0 aromatic rings. The second-order valence-electron chi connectivity index (χ2n) is 3.92. The molecular formula is C9H11ClO. The number of halogens is 1. The van der Waals surface area contributed by atoms with E-state index in [1.165, 1.54) is 6.42 Å².